The van der Waals surface area contributed by atoms with E-state index in [2.05, 4.69) is 4.98 Å². The van der Waals surface area contributed by atoms with Crippen LogP contribution in [-0.2, 0) is 30.2 Å². The largest absolute Gasteiger partial charge is 0.417 e. The molecule has 33 heavy (non-hydrogen) atoms. The van der Waals surface area contributed by atoms with Gasteiger partial charge >= 0.3 is 6.18 Å². The van der Waals surface area contributed by atoms with Gasteiger partial charge in [0.15, 0.2) is 6.10 Å². The fourth-order valence-electron chi connectivity index (χ4n) is 3.99. The molecule has 0 radical (unpaired) electrons. The van der Waals surface area contributed by atoms with E-state index in [0.717, 1.165) is 49.2 Å². The number of aliphatic hydroxyl groups excluding tert-OH is 1. The molecular formula is C25H22F4N2O2. The molecule has 0 unspecified atom stereocenters. The predicted octanol–water partition coefficient (Wildman–Crippen LogP) is 5.04. The van der Waals surface area contributed by atoms with Gasteiger partial charge in [-0.1, -0.05) is 18.2 Å². The smallest absolute Gasteiger partial charge is 0.378 e. The number of fused-ring (bicyclic) bond motifs is 1. The minimum atomic E-state index is -4.47. The Morgan fingerprint density at radius 1 is 1.03 bits per heavy atom. The molecule has 1 atom stereocenters. The van der Waals surface area contributed by atoms with Crippen LogP contribution in [0.3, 0.4) is 0 Å². The first-order valence-electron chi connectivity index (χ1n) is 10.6. The molecule has 172 valence electrons. The van der Waals surface area contributed by atoms with E-state index in [1.165, 1.54) is 28.7 Å². The number of halogens is 4. The van der Waals surface area contributed by atoms with Crippen molar-refractivity contribution in [2.24, 2.45) is 0 Å². The molecule has 1 amide bonds. The van der Waals surface area contributed by atoms with Crippen LogP contribution in [-0.4, -0.2) is 22.5 Å². The van der Waals surface area contributed by atoms with Crippen LogP contribution in [0.1, 0.15) is 40.5 Å². The van der Waals surface area contributed by atoms with Crippen LogP contribution >= 0.6 is 0 Å². The highest BCUT2D eigenvalue weighted by atomic mass is 19.4. The molecule has 1 aromatic heterocycles. The maximum absolute atomic E-state index is 13.3. The van der Waals surface area contributed by atoms with Gasteiger partial charge in [-0.25, -0.2) is 4.39 Å². The molecule has 1 N–H and O–H groups in total. The Morgan fingerprint density at radius 3 is 2.42 bits per heavy atom. The highest BCUT2D eigenvalue weighted by Gasteiger charge is 2.31. The number of carbonyl (C=O) groups excluding carboxylic acids is 1. The van der Waals surface area contributed by atoms with E-state index in [0.29, 0.717) is 11.4 Å². The third-order valence-electron chi connectivity index (χ3n) is 5.82. The van der Waals surface area contributed by atoms with E-state index in [-0.39, 0.29) is 18.5 Å². The Kier molecular flexibility index (Phi) is 6.47. The number of pyridine rings is 1. The summed E-state index contributed by atoms with van der Waals surface area (Å²) in [5.41, 5.74) is 2.74. The lowest BCUT2D eigenvalue weighted by molar-refractivity contribution is -0.137. The van der Waals surface area contributed by atoms with Crippen molar-refractivity contribution in [2.45, 2.75) is 38.0 Å². The van der Waals surface area contributed by atoms with Gasteiger partial charge in [0.1, 0.15) is 5.82 Å². The number of carbonyl (C=O) groups is 1. The summed E-state index contributed by atoms with van der Waals surface area (Å²) in [5, 5.41) is 10.7. The van der Waals surface area contributed by atoms with Crippen LogP contribution in [0.4, 0.5) is 23.2 Å². The fourth-order valence-corrected chi connectivity index (χ4v) is 3.99. The highest BCUT2D eigenvalue weighted by molar-refractivity contribution is 5.97. The molecular weight excluding hydrogens is 436 g/mol. The maximum Gasteiger partial charge on any atom is 0.417 e. The molecule has 1 aliphatic rings. The van der Waals surface area contributed by atoms with Gasteiger partial charge in [0, 0.05) is 30.5 Å². The Morgan fingerprint density at radius 2 is 1.76 bits per heavy atom. The van der Waals surface area contributed by atoms with Crippen LogP contribution < -0.4 is 4.90 Å². The van der Waals surface area contributed by atoms with E-state index in [9.17, 15) is 27.5 Å². The zero-order valence-corrected chi connectivity index (χ0v) is 17.6. The number of aromatic nitrogens is 1. The number of hydrogen-bond acceptors (Lipinski definition) is 3. The van der Waals surface area contributed by atoms with Gasteiger partial charge in [-0.3, -0.25) is 9.78 Å². The van der Waals surface area contributed by atoms with Crippen molar-refractivity contribution in [1.82, 2.24) is 4.98 Å². The molecule has 0 saturated heterocycles. The van der Waals surface area contributed by atoms with Crippen molar-refractivity contribution >= 4 is 11.6 Å². The summed E-state index contributed by atoms with van der Waals surface area (Å²) in [6, 6.07) is 12.9. The molecule has 0 fully saturated rings. The normalized spacial score (nSPS) is 14.1. The summed E-state index contributed by atoms with van der Waals surface area (Å²) >= 11 is 0. The van der Waals surface area contributed by atoms with Crippen molar-refractivity contribution in [1.29, 1.82) is 0 Å². The molecule has 0 bridgehead atoms. The molecule has 8 heteroatoms. The molecule has 2 aromatic carbocycles. The number of alkyl halides is 3. The summed E-state index contributed by atoms with van der Waals surface area (Å²) in [4.78, 5) is 18.5. The third-order valence-corrected chi connectivity index (χ3v) is 5.82. The lowest BCUT2D eigenvalue weighted by Gasteiger charge is -2.26. The molecule has 1 heterocycles. The first-order valence-corrected chi connectivity index (χ1v) is 10.6. The number of rotatable bonds is 6. The minimum absolute atomic E-state index is 0.105. The van der Waals surface area contributed by atoms with Crippen molar-refractivity contribution in [3.63, 3.8) is 0 Å². The van der Waals surface area contributed by atoms with E-state index in [4.69, 9.17) is 0 Å². The molecule has 0 spiro atoms. The van der Waals surface area contributed by atoms with Gasteiger partial charge in [-0.05, 0) is 72.4 Å². The number of aryl methyl sites for hydroxylation is 2. The second kappa shape index (κ2) is 9.31. The summed E-state index contributed by atoms with van der Waals surface area (Å²) < 4.78 is 51.7. The Hall–Kier alpha value is -3.26. The molecule has 3 aromatic rings. The lowest BCUT2D eigenvalue weighted by Crippen LogP contribution is -2.37. The van der Waals surface area contributed by atoms with Gasteiger partial charge in [0.25, 0.3) is 5.91 Å². The highest BCUT2D eigenvalue weighted by Crippen LogP contribution is 2.30. The minimum Gasteiger partial charge on any atom is -0.378 e. The zero-order chi connectivity index (χ0) is 23.6. The van der Waals surface area contributed by atoms with E-state index >= 15 is 0 Å². The topological polar surface area (TPSA) is 53.4 Å². The summed E-state index contributed by atoms with van der Waals surface area (Å²) in [6.07, 6.45) is -2.14. The molecule has 4 nitrogen and oxygen atoms in total. The van der Waals surface area contributed by atoms with Crippen molar-refractivity contribution in [2.75, 3.05) is 11.4 Å². The number of hydrogen-bond donors (Lipinski definition) is 1. The second-order valence-corrected chi connectivity index (χ2v) is 8.04. The molecule has 1 aliphatic carbocycles. The fraction of sp³-hybridized carbons (Fsp3) is 0.280. The number of benzene rings is 2. The SMILES string of the molecule is O=C([C@H](O)c1ccc(F)cc1)N(CCc1ccc(C(F)(F)F)cn1)c1ccc2c(c1)CCC2. The van der Waals surface area contributed by atoms with Gasteiger partial charge in [0.05, 0.1) is 5.56 Å². The molecule has 0 aliphatic heterocycles. The van der Waals surface area contributed by atoms with Crippen LogP contribution in [0.25, 0.3) is 0 Å². The summed E-state index contributed by atoms with van der Waals surface area (Å²) in [5.74, 6) is -1.09. The van der Waals surface area contributed by atoms with Gasteiger partial charge in [-0.2, -0.15) is 13.2 Å². The maximum atomic E-state index is 13.3. The van der Waals surface area contributed by atoms with Crippen LogP contribution in [0.15, 0.2) is 60.8 Å². The first kappa shape index (κ1) is 22.9. The third kappa shape index (κ3) is 5.22. The Labute approximate surface area is 188 Å². The average Bonchev–Trinajstić information content (AvgIpc) is 3.27. The summed E-state index contributed by atoms with van der Waals surface area (Å²) in [7, 11) is 0. The van der Waals surface area contributed by atoms with Crippen LogP contribution in [0, 0.1) is 5.82 Å². The molecule has 4 rings (SSSR count). The predicted molar refractivity (Wildman–Crippen MR) is 115 cm³/mol. The zero-order valence-electron chi connectivity index (χ0n) is 17.6. The number of aliphatic hydroxyl groups is 1. The van der Waals surface area contributed by atoms with Crippen molar-refractivity contribution < 1.29 is 27.5 Å². The standard InChI is InChI=1S/C25H22F4N2O2/c26-20-8-4-17(5-9-20)23(32)24(33)31(22-11-6-16-2-1-3-18(16)14-22)13-12-21-10-7-19(15-30-21)25(27,28)29/h4-11,14-15,23,32H,1-3,12-13H2/t23-/m1/s1. The molecule has 0 saturated carbocycles. The Balaban J connectivity index is 1.58. The van der Waals surface area contributed by atoms with Crippen molar-refractivity contribution in [3.05, 3.63) is 94.6 Å². The summed E-state index contributed by atoms with van der Waals surface area (Å²) in [6.45, 7) is 0.105. The number of nitrogens with zero attached hydrogens (tertiary/aromatic N) is 2. The van der Waals surface area contributed by atoms with Crippen LogP contribution in [0.2, 0.25) is 0 Å². The van der Waals surface area contributed by atoms with Gasteiger partial charge in [0.2, 0.25) is 0 Å². The van der Waals surface area contributed by atoms with Crippen LogP contribution in [0.5, 0.6) is 0 Å². The van der Waals surface area contributed by atoms with E-state index < -0.39 is 29.6 Å². The monoisotopic (exact) mass is 458 g/mol. The van der Waals surface area contributed by atoms with E-state index in [1.807, 2.05) is 12.1 Å². The second-order valence-electron chi connectivity index (χ2n) is 8.04. The van der Waals surface area contributed by atoms with E-state index in [1.54, 1.807) is 6.07 Å². The van der Waals surface area contributed by atoms with Gasteiger partial charge in [-0.15, -0.1) is 0 Å². The average molecular weight is 458 g/mol. The quantitative estimate of drug-likeness (QED) is 0.527. The lowest BCUT2D eigenvalue weighted by atomic mass is 10.1. The Bertz CT molecular complexity index is 1130. The number of amides is 1. The first-order chi connectivity index (χ1) is 15.7. The number of anilines is 1. The van der Waals surface area contributed by atoms with Crippen molar-refractivity contribution in [3.8, 4) is 0 Å². The van der Waals surface area contributed by atoms with Gasteiger partial charge < -0.3 is 10.0 Å².